The van der Waals surface area contributed by atoms with E-state index < -0.39 is 9.84 Å². The van der Waals surface area contributed by atoms with Crippen LogP contribution in [0.3, 0.4) is 0 Å². The van der Waals surface area contributed by atoms with Crippen LogP contribution in [0.1, 0.15) is 24.4 Å². The zero-order valence-electron chi connectivity index (χ0n) is 10.5. The third-order valence-electron chi connectivity index (χ3n) is 3.37. The van der Waals surface area contributed by atoms with Gasteiger partial charge in [0.05, 0.1) is 5.75 Å². The minimum atomic E-state index is -2.93. The third kappa shape index (κ3) is 3.53. The third-order valence-corrected chi connectivity index (χ3v) is 4.29. The lowest BCUT2D eigenvalue weighted by Crippen LogP contribution is -2.28. The van der Waals surface area contributed by atoms with E-state index in [0.29, 0.717) is 6.54 Å². The lowest BCUT2D eigenvalue weighted by Gasteiger charge is -2.24. The highest BCUT2D eigenvalue weighted by Crippen LogP contribution is 2.31. The Bertz CT molecular complexity index is 498. The molecule has 1 aromatic rings. The molecule has 0 amide bonds. The molecule has 1 atom stereocenters. The first-order valence-corrected chi connectivity index (χ1v) is 8.19. The van der Waals surface area contributed by atoms with Crippen LogP contribution in [0.2, 0.25) is 0 Å². The minimum absolute atomic E-state index is 0.185. The maximum Gasteiger partial charge on any atom is 0.148 e. The van der Waals surface area contributed by atoms with E-state index >= 15 is 0 Å². The Morgan fingerprint density at radius 2 is 2.00 bits per heavy atom. The predicted molar refractivity (Wildman–Crippen MR) is 69.7 cm³/mol. The summed E-state index contributed by atoms with van der Waals surface area (Å²) in [6.45, 7) is 1.47. The first-order chi connectivity index (χ1) is 8.46. The average molecular weight is 271 g/mol. The van der Waals surface area contributed by atoms with E-state index in [1.165, 1.54) is 18.4 Å². The summed E-state index contributed by atoms with van der Waals surface area (Å²) in [5.74, 6) is -0.0514. The monoisotopic (exact) mass is 271 g/mol. The number of sulfone groups is 1. The number of nitrogens with zero attached hydrogens (tertiary/aromatic N) is 1. The van der Waals surface area contributed by atoms with E-state index in [4.69, 9.17) is 0 Å². The van der Waals surface area contributed by atoms with Gasteiger partial charge in [0.2, 0.25) is 0 Å². The maximum atomic E-state index is 12.9. The Labute approximate surface area is 108 Å². The van der Waals surface area contributed by atoms with Crippen LogP contribution in [-0.2, 0) is 9.84 Å². The largest absolute Gasteiger partial charge is 0.295 e. The van der Waals surface area contributed by atoms with Gasteiger partial charge in [-0.05, 0) is 37.1 Å². The van der Waals surface area contributed by atoms with Gasteiger partial charge >= 0.3 is 0 Å². The van der Waals surface area contributed by atoms with Crippen molar-refractivity contribution in [2.24, 2.45) is 0 Å². The van der Waals surface area contributed by atoms with Crippen molar-refractivity contribution in [3.8, 4) is 0 Å². The van der Waals surface area contributed by atoms with E-state index in [9.17, 15) is 12.8 Å². The summed E-state index contributed by atoms with van der Waals surface area (Å²) in [5.41, 5.74) is 1.07. The smallest absolute Gasteiger partial charge is 0.148 e. The summed E-state index contributed by atoms with van der Waals surface area (Å²) in [4.78, 5) is 2.17. The average Bonchev–Trinajstić information content (AvgIpc) is 2.75. The van der Waals surface area contributed by atoms with Gasteiger partial charge in [-0.15, -0.1) is 0 Å². The number of likely N-dealkylation sites (tertiary alicyclic amines) is 1. The molecule has 1 aliphatic rings. The molecule has 0 N–H and O–H groups in total. The summed E-state index contributed by atoms with van der Waals surface area (Å²) < 4.78 is 35.3. The quantitative estimate of drug-likeness (QED) is 0.840. The molecule has 0 spiro atoms. The normalized spacial score (nSPS) is 21.3. The Morgan fingerprint density at radius 3 is 2.61 bits per heavy atom. The molecule has 1 unspecified atom stereocenters. The van der Waals surface area contributed by atoms with Crippen molar-refractivity contribution in [2.45, 2.75) is 18.9 Å². The van der Waals surface area contributed by atoms with Crippen LogP contribution in [0.15, 0.2) is 24.3 Å². The molecule has 0 aromatic heterocycles. The van der Waals surface area contributed by atoms with E-state index in [2.05, 4.69) is 4.90 Å². The molecule has 1 heterocycles. The fraction of sp³-hybridized carbons (Fsp3) is 0.538. The number of benzene rings is 1. The van der Waals surface area contributed by atoms with Crippen LogP contribution in [0, 0.1) is 5.82 Å². The molecular formula is C13H18FNO2S. The second kappa shape index (κ2) is 5.36. The van der Waals surface area contributed by atoms with Crippen molar-refractivity contribution < 1.29 is 12.8 Å². The minimum Gasteiger partial charge on any atom is -0.295 e. The van der Waals surface area contributed by atoms with Gasteiger partial charge in [0.25, 0.3) is 0 Å². The predicted octanol–water partition coefficient (Wildman–Crippen LogP) is 2.01. The van der Waals surface area contributed by atoms with E-state index in [-0.39, 0.29) is 17.6 Å². The molecule has 1 aromatic carbocycles. The van der Waals surface area contributed by atoms with Crippen molar-refractivity contribution in [1.29, 1.82) is 0 Å². The number of hydrogen-bond donors (Lipinski definition) is 0. The number of hydrogen-bond acceptors (Lipinski definition) is 3. The van der Waals surface area contributed by atoms with Crippen molar-refractivity contribution in [1.82, 2.24) is 4.90 Å². The standard InChI is InChI=1S/C13H18FNO2S/c1-18(16,17)10-9-15-8-2-3-13(15)11-4-6-12(14)7-5-11/h4-7,13H,2-3,8-10H2,1H3. The van der Waals surface area contributed by atoms with Gasteiger partial charge in [0.15, 0.2) is 0 Å². The molecule has 3 nitrogen and oxygen atoms in total. The van der Waals surface area contributed by atoms with Gasteiger partial charge in [0.1, 0.15) is 15.7 Å². The first-order valence-electron chi connectivity index (χ1n) is 6.13. The van der Waals surface area contributed by atoms with Gasteiger partial charge in [-0.2, -0.15) is 0 Å². The van der Waals surface area contributed by atoms with Crippen LogP contribution < -0.4 is 0 Å². The summed E-state index contributed by atoms with van der Waals surface area (Å²) in [6.07, 6.45) is 3.33. The van der Waals surface area contributed by atoms with Gasteiger partial charge in [-0.1, -0.05) is 12.1 Å². The Hall–Kier alpha value is -0.940. The molecule has 1 fully saturated rings. The molecule has 18 heavy (non-hydrogen) atoms. The van der Waals surface area contributed by atoms with Crippen molar-refractivity contribution in [3.05, 3.63) is 35.6 Å². The Kier molecular flexibility index (Phi) is 4.02. The second-order valence-electron chi connectivity index (χ2n) is 4.88. The SMILES string of the molecule is CS(=O)(=O)CCN1CCCC1c1ccc(F)cc1. The number of rotatable bonds is 4. The summed E-state index contributed by atoms with van der Waals surface area (Å²) >= 11 is 0. The zero-order valence-corrected chi connectivity index (χ0v) is 11.3. The van der Waals surface area contributed by atoms with Crippen LogP contribution in [0.5, 0.6) is 0 Å². The van der Waals surface area contributed by atoms with Gasteiger partial charge in [0, 0.05) is 18.8 Å². The lowest BCUT2D eigenvalue weighted by molar-refractivity contribution is 0.272. The van der Waals surface area contributed by atoms with Gasteiger partial charge in [-0.3, -0.25) is 4.90 Å². The van der Waals surface area contributed by atoms with Gasteiger partial charge in [-0.25, -0.2) is 12.8 Å². The molecule has 0 saturated carbocycles. The summed E-state index contributed by atoms with van der Waals surface area (Å²) in [7, 11) is -2.93. The van der Waals surface area contributed by atoms with Crippen LogP contribution in [0.4, 0.5) is 4.39 Å². The topological polar surface area (TPSA) is 37.4 Å². The molecule has 0 radical (unpaired) electrons. The van der Waals surface area contributed by atoms with Crippen LogP contribution in [-0.4, -0.2) is 38.4 Å². The molecule has 0 bridgehead atoms. The highest BCUT2D eigenvalue weighted by molar-refractivity contribution is 7.90. The molecule has 0 aliphatic carbocycles. The molecule has 100 valence electrons. The number of halogens is 1. The van der Waals surface area contributed by atoms with Crippen molar-refractivity contribution in [2.75, 3.05) is 25.1 Å². The first kappa shape index (κ1) is 13.5. The lowest BCUT2D eigenvalue weighted by atomic mass is 10.0. The molecule has 2 rings (SSSR count). The van der Waals surface area contributed by atoms with E-state index in [0.717, 1.165) is 24.9 Å². The van der Waals surface area contributed by atoms with E-state index in [1.54, 1.807) is 12.1 Å². The maximum absolute atomic E-state index is 12.9. The zero-order chi connectivity index (χ0) is 13.2. The summed E-state index contributed by atoms with van der Waals surface area (Å²) in [5, 5.41) is 0. The molecule has 1 aliphatic heterocycles. The molecule has 1 saturated heterocycles. The van der Waals surface area contributed by atoms with E-state index in [1.807, 2.05) is 0 Å². The molecule has 5 heteroatoms. The van der Waals surface area contributed by atoms with Crippen molar-refractivity contribution in [3.63, 3.8) is 0 Å². The van der Waals surface area contributed by atoms with Gasteiger partial charge < -0.3 is 0 Å². The second-order valence-corrected chi connectivity index (χ2v) is 7.14. The Balaban J connectivity index is 2.05. The van der Waals surface area contributed by atoms with Crippen molar-refractivity contribution >= 4 is 9.84 Å². The fourth-order valence-electron chi connectivity index (χ4n) is 2.44. The highest BCUT2D eigenvalue weighted by Gasteiger charge is 2.26. The molecular weight excluding hydrogens is 253 g/mol. The van der Waals surface area contributed by atoms with Crippen LogP contribution in [0.25, 0.3) is 0 Å². The van der Waals surface area contributed by atoms with Crippen LogP contribution >= 0.6 is 0 Å². The summed E-state index contributed by atoms with van der Waals surface area (Å²) in [6, 6.07) is 6.73. The Morgan fingerprint density at radius 1 is 1.33 bits per heavy atom. The fourth-order valence-corrected chi connectivity index (χ4v) is 3.01. The highest BCUT2D eigenvalue weighted by atomic mass is 32.2.